The zero-order chi connectivity index (χ0) is 22.5. The molecular weight excluding hydrogens is 440 g/mol. The van der Waals surface area contributed by atoms with Gasteiger partial charge in [0, 0.05) is 28.5 Å². The van der Waals surface area contributed by atoms with Crippen molar-refractivity contribution in [3.63, 3.8) is 0 Å². The summed E-state index contributed by atoms with van der Waals surface area (Å²) in [4.78, 5) is 18.1. The molecule has 0 saturated carbocycles. The molecular formula is C25H25ClN4OS. The van der Waals surface area contributed by atoms with Gasteiger partial charge in [0.05, 0.1) is 0 Å². The fourth-order valence-electron chi connectivity index (χ4n) is 4.55. The van der Waals surface area contributed by atoms with Gasteiger partial charge in [-0.05, 0) is 47.6 Å². The number of hydrogen-bond donors (Lipinski definition) is 1. The van der Waals surface area contributed by atoms with Crippen LogP contribution in [0.25, 0.3) is 0 Å². The van der Waals surface area contributed by atoms with Crippen molar-refractivity contribution >= 4 is 35.1 Å². The van der Waals surface area contributed by atoms with Gasteiger partial charge in [0.1, 0.15) is 6.04 Å². The van der Waals surface area contributed by atoms with E-state index in [0.717, 1.165) is 29.0 Å². The summed E-state index contributed by atoms with van der Waals surface area (Å²) >= 11 is 7.92. The number of nitrogens with zero attached hydrogens (tertiary/aromatic N) is 3. The van der Waals surface area contributed by atoms with Gasteiger partial charge in [0.25, 0.3) is 0 Å². The number of aromatic nitrogens is 3. The second-order valence-electron chi connectivity index (χ2n) is 9.29. The summed E-state index contributed by atoms with van der Waals surface area (Å²) in [6.45, 7) is 6.38. The molecule has 0 amide bonds. The molecule has 0 bridgehead atoms. The number of halogens is 1. The first-order valence-corrected chi connectivity index (χ1v) is 12.1. The Morgan fingerprint density at radius 1 is 1.19 bits per heavy atom. The summed E-state index contributed by atoms with van der Waals surface area (Å²) in [5, 5.41) is 9.58. The molecule has 5 nitrogen and oxygen atoms in total. The summed E-state index contributed by atoms with van der Waals surface area (Å²) < 4.78 is 1.85. The molecule has 1 aliphatic heterocycles. The molecule has 164 valence electrons. The number of Topliss-reactive ketones (excluding diaryl/α,β-unsaturated/α-hetero) is 1. The van der Waals surface area contributed by atoms with Crippen molar-refractivity contribution < 1.29 is 4.79 Å². The Bertz CT molecular complexity index is 1250. The Labute approximate surface area is 197 Å². The third-order valence-electron chi connectivity index (χ3n) is 6.09. The summed E-state index contributed by atoms with van der Waals surface area (Å²) in [7, 11) is 0. The van der Waals surface area contributed by atoms with Gasteiger partial charge in [-0.3, -0.25) is 4.79 Å². The summed E-state index contributed by atoms with van der Waals surface area (Å²) in [6.07, 6.45) is 1.31. The van der Waals surface area contributed by atoms with Crippen molar-refractivity contribution in [1.29, 1.82) is 0 Å². The van der Waals surface area contributed by atoms with Crippen LogP contribution in [0.2, 0.25) is 5.02 Å². The normalized spacial score (nSPS) is 19.4. The minimum Gasteiger partial charge on any atom is -0.328 e. The molecule has 2 heterocycles. The Hall–Kier alpha value is -2.57. The molecule has 7 heteroatoms. The number of allylic oxidation sites excluding steroid dienone is 2. The molecule has 2 aromatic carbocycles. The van der Waals surface area contributed by atoms with E-state index < -0.39 is 0 Å². The van der Waals surface area contributed by atoms with E-state index in [1.54, 1.807) is 11.8 Å². The van der Waals surface area contributed by atoms with Gasteiger partial charge in [-0.25, -0.2) is 4.68 Å². The fraction of sp³-hybridized carbons (Fsp3) is 0.320. The molecule has 2 aliphatic rings. The standard InChI is InChI=1S/C25H25ClN4OS/c1-15-7-4-5-8-17(15)14-32-24-28-23-27-19-12-25(2,3)13-20(31)21(19)22(30(23)29-24)16-9-6-10-18(26)11-16/h4-11,22H,12-14H2,1-3H3,(H,27,28,29)/t22-/m1/s1. The average Bonchev–Trinajstić information content (AvgIpc) is 3.13. The van der Waals surface area contributed by atoms with Crippen LogP contribution < -0.4 is 5.32 Å². The lowest BCUT2D eigenvalue weighted by Crippen LogP contribution is -2.36. The summed E-state index contributed by atoms with van der Waals surface area (Å²) in [5.41, 5.74) is 5.10. The molecule has 0 fully saturated rings. The minimum atomic E-state index is -0.330. The number of rotatable bonds is 4. The molecule has 32 heavy (non-hydrogen) atoms. The maximum absolute atomic E-state index is 13.3. The number of aryl methyl sites for hydroxylation is 1. The molecule has 3 aromatic rings. The largest absolute Gasteiger partial charge is 0.328 e. The number of nitrogens with one attached hydrogen (secondary N) is 1. The monoisotopic (exact) mass is 464 g/mol. The molecule has 0 saturated heterocycles. The molecule has 1 aliphatic carbocycles. The Morgan fingerprint density at radius 2 is 2.00 bits per heavy atom. The fourth-order valence-corrected chi connectivity index (χ4v) is 5.65. The van der Waals surface area contributed by atoms with Crippen molar-refractivity contribution in [2.45, 2.75) is 50.6 Å². The van der Waals surface area contributed by atoms with Crippen molar-refractivity contribution in [3.05, 3.63) is 81.5 Å². The van der Waals surface area contributed by atoms with Gasteiger partial charge >= 0.3 is 0 Å². The quantitative estimate of drug-likeness (QED) is 0.466. The zero-order valence-corrected chi connectivity index (χ0v) is 19.9. The number of carbonyl (C=O) groups is 1. The third-order valence-corrected chi connectivity index (χ3v) is 7.22. The number of hydrogen-bond acceptors (Lipinski definition) is 5. The lowest BCUT2D eigenvalue weighted by molar-refractivity contribution is -0.118. The first kappa shape index (κ1) is 21.3. The first-order chi connectivity index (χ1) is 15.3. The van der Waals surface area contributed by atoms with E-state index in [2.05, 4.69) is 44.3 Å². The Kier molecular flexibility index (Phi) is 5.38. The highest BCUT2D eigenvalue weighted by atomic mass is 35.5. The van der Waals surface area contributed by atoms with Crippen LogP contribution in [0.1, 0.15) is 49.4 Å². The number of carbonyl (C=O) groups excluding carboxylic acids is 1. The number of thioether (sulfide) groups is 1. The molecule has 0 spiro atoms. The number of fused-ring (bicyclic) bond motifs is 1. The SMILES string of the molecule is Cc1ccccc1CSc1nc2n(n1)[C@H](c1cccc(Cl)c1)C1=C(CC(C)(C)CC1=O)N2. The van der Waals surface area contributed by atoms with Crippen LogP contribution in [0.5, 0.6) is 0 Å². The summed E-state index contributed by atoms with van der Waals surface area (Å²) in [6, 6.07) is 15.7. The highest BCUT2D eigenvalue weighted by Gasteiger charge is 2.41. The van der Waals surface area contributed by atoms with Gasteiger partial charge in [-0.2, -0.15) is 4.98 Å². The van der Waals surface area contributed by atoms with Crippen molar-refractivity contribution in [2.75, 3.05) is 5.32 Å². The van der Waals surface area contributed by atoms with E-state index in [1.807, 2.05) is 35.0 Å². The van der Waals surface area contributed by atoms with Crippen molar-refractivity contribution in [1.82, 2.24) is 14.8 Å². The lowest BCUT2D eigenvalue weighted by atomic mass is 9.73. The van der Waals surface area contributed by atoms with E-state index in [1.165, 1.54) is 11.1 Å². The third kappa shape index (κ3) is 3.97. The zero-order valence-electron chi connectivity index (χ0n) is 18.4. The van der Waals surface area contributed by atoms with Crippen molar-refractivity contribution in [2.24, 2.45) is 5.41 Å². The van der Waals surface area contributed by atoms with E-state index in [9.17, 15) is 4.79 Å². The topological polar surface area (TPSA) is 59.8 Å². The molecule has 1 aromatic heterocycles. The number of ketones is 1. The second kappa shape index (κ2) is 8.09. The maximum Gasteiger partial charge on any atom is 0.227 e. The number of benzene rings is 2. The van der Waals surface area contributed by atoms with Gasteiger partial charge in [-0.1, -0.05) is 73.6 Å². The van der Waals surface area contributed by atoms with Crippen LogP contribution in [0, 0.1) is 12.3 Å². The number of anilines is 1. The molecule has 0 unspecified atom stereocenters. The van der Waals surface area contributed by atoms with Gasteiger partial charge in [-0.15, -0.1) is 5.10 Å². The van der Waals surface area contributed by atoms with Crippen LogP contribution in [0.15, 0.2) is 65.0 Å². The Balaban J connectivity index is 1.54. The molecule has 1 atom stereocenters. The predicted molar refractivity (Wildman–Crippen MR) is 129 cm³/mol. The van der Waals surface area contributed by atoms with Crippen LogP contribution in [-0.2, 0) is 10.5 Å². The van der Waals surface area contributed by atoms with Gasteiger partial charge in [0.2, 0.25) is 11.1 Å². The van der Waals surface area contributed by atoms with Crippen LogP contribution in [0.3, 0.4) is 0 Å². The van der Waals surface area contributed by atoms with E-state index in [-0.39, 0.29) is 17.2 Å². The lowest BCUT2D eigenvalue weighted by Gasteiger charge is -2.38. The minimum absolute atomic E-state index is 0.0909. The molecule has 0 radical (unpaired) electrons. The molecule has 1 N–H and O–H groups in total. The highest BCUT2D eigenvalue weighted by Crippen LogP contribution is 2.46. The van der Waals surface area contributed by atoms with Crippen molar-refractivity contribution in [3.8, 4) is 0 Å². The predicted octanol–water partition coefficient (Wildman–Crippen LogP) is 6.19. The van der Waals surface area contributed by atoms with Crippen LogP contribution >= 0.6 is 23.4 Å². The molecule has 5 rings (SSSR count). The van der Waals surface area contributed by atoms with E-state index in [0.29, 0.717) is 22.5 Å². The van der Waals surface area contributed by atoms with Crippen LogP contribution in [-0.4, -0.2) is 20.5 Å². The van der Waals surface area contributed by atoms with Gasteiger partial charge in [0.15, 0.2) is 5.78 Å². The van der Waals surface area contributed by atoms with E-state index >= 15 is 0 Å². The summed E-state index contributed by atoms with van der Waals surface area (Å²) in [5.74, 6) is 1.62. The smallest absolute Gasteiger partial charge is 0.227 e. The van der Waals surface area contributed by atoms with Gasteiger partial charge < -0.3 is 5.32 Å². The first-order valence-electron chi connectivity index (χ1n) is 10.7. The maximum atomic E-state index is 13.3. The second-order valence-corrected chi connectivity index (χ2v) is 10.7. The van der Waals surface area contributed by atoms with E-state index in [4.69, 9.17) is 21.7 Å². The van der Waals surface area contributed by atoms with Crippen LogP contribution in [0.4, 0.5) is 5.95 Å². The average molecular weight is 465 g/mol. The highest BCUT2D eigenvalue weighted by molar-refractivity contribution is 7.98. The Morgan fingerprint density at radius 3 is 2.78 bits per heavy atom.